The molecule has 0 radical (unpaired) electrons. The van der Waals surface area contributed by atoms with Gasteiger partial charge in [0.15, 0.2) is 0 Å². The molecule has 1 aromatic rings. The van der Waals surface area contributed by atoms with Crippen LogP contribution in [0.15, 0.2) is 24.3 Å². The molecule has 3 rings (SSSR count). The van der Waals surface area contributed by atoms with E-state index in [-0.39, 0.29) is 18.1 Å². The Bertz CT molecular complexity index is 462. The molecular formula is C19H28O2. The molecule has 0 amide bonds. The molecule has 116 valence electrons. The molecule has 2 fully saturated rings. The molecule has 2 heteroatoms. The Morgan fingerprint density at radius 3 is 2.76 bits per heavy atom. The summed E-state index contributed by atoms with van der Waals surface area (Å²) in [5, 5.41) is 9.78. The molecule has 1 saturated heterocycles. The Morgan fingerprint density at radius 2 is 2.05 bits per heavy atom. The molecule has 1 heterocycles. The van der Waals surface area contributed by atoms with Gasteiger partial charge in [-0.15, -0.1) is 0 Å². The zero-order chi connectivity index (χ0) is 14.7. The van der Waals surface area contributed by atoms with E-state index in [4.69, 9.17) is 4.74 Å². The fourth-order valence-electron chi connectivity index (χ4n) is 4.18. The average Bonchev–Trinajstić information content (AvgIpc) is 2.88. The van der Waals surface area contributed by atoms with Crippen LogP contribution in [0.25, 0.3) is 0 Å². The maximum absolute atomic E-state index is 9.78. The summed E-state index contributed by atoms with van der Waals surface area (Å²) in [4.78, 5) is 0. The number of rotatable bonds is 4. The van der Waals surface area contributed by atoms with Crippen molar-refractivity contribution in [2.24, 2.45) is 0 Å². The minimum atomic E-state index is 0.190. The first-order chi connectivity index (χ1) is 10.2. The normalized spacial score (nSPS) is 26.1. The van der Waals surface area contributed by atoms with Gasteiger partial charge in [0.25, 0.3) is 0 Å². The molecule has 1 aromatic carbocycles. The third-order valence-electron chi connectivity index (χ3n) is 5.38. The lowest BCUT2D eigenvalue weighted by Gasteiger charge is -2.33. The van der Waals surface area contributed by atoms with Crippen LogP contribution >= 0.6 is 0 Å². The topological polar surface area (TPSA) is 29.5 Å². The highest BCUT2D eigenvalue weighted by molar-refractivity contribution is 5.25. The molecule has 2 atom stereocenters. The Balaban J connectivity index is 1.63. The molecule has 2 nitrogen and oxygen atoms in total. The predicted octanol–water partition coefficient (Wildman–Crippen LogP) is 4.34. The number of benzene rings is 1. The molecule has 2 aliphatic rings. The quantitative estimate of drug-likeness (QED) is 0.893. The molecular weight excluding hydrogens is 260 g/mol. The van der Waals surface area contributed by atoms with Gasteiger partial charge in [0.05, 0.1) is 18.3 Å². The second kappa shape index (κ2) is 6.50. The van der Waals surface area contributed by atoms with Crippen LogP contribution in [0, 0.1) is 6.92 Å². The molecule has 2 unspecified atom stereocenters. The number of aliphatic hydroxyl groups excluding tert-OH is 1. The summed E-state index contributed by atoms with van der Waals surface area (Å²) >= 11 is 0. The molecule has 1 aliphatic heterocycles. The van der Waals surface area contributed by atoms with Crippen LogP contribution in [0.5, 0.6) is 0 Å². The van der Waals surface area contributed by atoms with Gasteiger partial charge in [0.1, 0.15) is 0 Å². The van der Waals surface area contributed by atoms with E-state index in [1.165, 1.54) is 56.1 Å². The maximum atomic E-state index is 9.78. The van der Waals surface area contributed by atoms with E-state index < -0.39 is 0 Å². The van der Waals surface area contributed by atoms with Crippen LogP contribution < -0.4 is 0 Å². The summed E-state index contributed by atoms with van der Waals surface area (Å²) in [5.41, 5.74) is 2.71. The summed E-state index contributed by atoms with van der Waals surface area (Å²) in [6.45, 7) is 2.33. The Kier molecular flexibility index (Phi) is 4.66. The van der Waals surface area contributed by atoms with Gasteiger partial charge in [-0.3, -0.25) is 0 Å². The third kappa shape index (κ3) is 3.49. The van der Waals surface area contributed by atoms with Gasteiger partial charge in [-0.05, 0) is 44.6 Å². The van der Waals surface area contributed by atoms with Gasteiger partial charge in [0.2, 0.25) is 0 Å². The Hall–Kier alpha value is -0.860. The lowest BCUT2D eigenvalue weighted by atomic mass is 9.83. The van der Waals surface area contributed by atoms with Crippen LogP contribution in [0.3, 0.4) is 0 Å². The lowest BCUT2D eigenvalue weighted by molar-refractivity contribution is -0.0685. The summed E-state index contributed by atoms with van der Waals surface area (Å²) in [5.74, 6) is 0.216. The van der Waals surface area contributed by atoms with Crippen molar-refractivity contribution < 1.29 is 9.84 Å². The molecule has 0 aromatic heterocycles. The zero-order valence-corrected chi connectivity index (χ0v) is 13.2. The van der Waals surface area contributed by atoms with Crippen LogP contribution in [0.4, 0.5) is 0 Å². The molecule has 0 bridgehead atoms. The molecule has 1 aliphatic carbocycles. The Morgan fingerprint density at radius 1 is 1.24 bits per heavy atom. The first-order valence-corrected chi connectivity index (χ1v) is 8.56. The molecule has 21 heavy (non-hydrogen) atoms. The summed E-state index contributed by atoms with van der Waals surface area (Å²) in [6.07, 6.45) is 10.2. The summed E-state index contributed by atoms with van der Waals surface area (Å²) in [7, 11) is 0. The van der Waals surface area contributed by atoms with E-state index >= 15 is 0 Å². The van der Waals surface area contributed by atoms with Crippen molar-refractivity contribution in [3.63, 3.8) is 0 Å². The van der Waals surface area contributed by atoms with Gasteiger partial charge in [-0.2, -0.15) is 0 Å². The van der Waals surface area contributed by atoms with E-state index in [9.17, 15) is 5.11 Å². The van der Waals surface area contributed by atoms with Crippen LogP contribution in [0.1, 0.15) is 68.4 Å². The van der Waals surface area contributed by atoms with Crippen molar-refractivity contribution in [3.8, 4) is 0 Å². The third-order valence-corrected chi connectivity index (χ3v) is 5.38. The minimum Gasteiger partial charge on any atom is -0.396 e. The standard InChI is InChI=1S/C19H28O2/c1-15-6-5-7-16(12-15)17(14-20)13-18-8-11-19(21-18)9-3-2-4-10-19/h5-7,12,17-18,20H,2-4,8-11,13-14H2,1H3. The number of hydrogen-bond donors (Lipinski definition) is 1. The van der Waals surface area contributed by atoms with Crippen LogP contribution in [-0.4, -0.2) is 23.4 Å². The van der Waals surface area contributed by atoms with Gasteiger partial charge >= 0.3 is 0 Å². The van der Waals surface area contributed by atoms with Crippen LogP contribution in [-0.2, 0) is 4.74 Å². The van der Waals surface area contributed by atoms with Crippen molar-refractivity contribution in [1.29, 1.82) is 0 Å². The van der Waals surface area contributed by atoms with E-state index in [0.29, 0.717) is 6.10 Å². The number of hydrogen-bond acceptors (Lipinski definition) is 2. The number of aryl methyl sites for hydroxylation is 1. The number of ether oxygens (including phenoxy) is 1. The van der Waals surface area contributed by atoms with Crippen LogP contribution in [0.2, 0.25) is 0 Å². The van der Waals surface area contributed by atoms with Crippen molar-refractivity contribution in [1.82, 2.24) is 0 Å². The average molecular weight is 288 g/mol. The SMILES string of the molecule is Cc1cccc(C(CO)CC2CCC3(CCCCC3)O2)c1. The summed E-state index contributed by atoms with van der Waals surface area (Å²) in [6, 6.07) is 8.54. The largest absolute Gasteiger partial charge is 0.396 e. The Labute approximate surface area is 128 Å². The second-order valence-electron chi connectivity index (χ2n) is 7.05. The van der Waals surface area contributed by atoms with Gasteiger partial charge in [-0.25, -0.2) is 0 Å². The van der Waals surface area contributed by atoms with E-state index in [2.05, 4.69) is 31.2 Å². The molecule has 1 spiro atoms. The fourth-order valence-corrected chi connectivity index (χ4v) is 4.18. The first-order valence-electron chi connectivity index (χ1n) is 8.56. The lowest BCUT2D eigenvalue weighted by Crippen LogP contribution is -2.32. The highest BCUT2D eigenvalue weighted by Crippen LogP contribution is 2.43. The van der Waals surface area contributed by atoms with Gasteiger partial charge in [-0.1, -0.05) is 49.1 Å². The molecule has 1 N–H and O–H groups in total. The van der Waals surface area contributed by atoms with Gasteiger partial charge in [0, 0.05) is 5.92 Å². The highest BCUT2D eigenvalue weighted by Gasteiger charge is 2.41. The van der Waals surface area contributed by atoms with Crippen molar-refractivity contribution in [3.05, 3.63) is 35.4 Å². The van der Waals surface area contributed by atoms with Crippen molar-refractivity contribution in [2.75, 3.05) is 6.61 Å². The minimum absolute atomic E-state index is 0.190. The fraction of sp³-hybridized carbons (Fsp3) is 0.684. The van der Waals surface area contributed by atoms with E-state index in [1.54, 1.807) is 0 Å². The van der Waals surface area contributed by atoms with Crippen molar-refractivity contribution in [2.45, 2.75) is 75.9 Å². The van der Waals surface area contributed by atoms with E-state index in [1.807, 2.05) is 0 Å². The smallest absolute Gasteiger partial charge is 0.0687 e. The second-order valence-corrected chi connectivity index (χ2v) is 7.05. The summed E-state index contributed by atoms with van der Waals surface area (Å²) < 4.78 is 6.46. The monoisotopic (exact) mass is 288 g/mol. The zero-order valence-electron chi connectivity index (χ0n) is 13.2. The maximum Gasteiger partial charge on any atom is 0.0687 e. The molecule has 1 saturated carbocycles. The highest BCUT2D eigenvalue weighted by atomic mass is 16.5. The first kappa shape index (κ1) is 15.1. The van der Waals surface area contributed by atoms with Crippen molar-refractivity contribution >= 4 is 0 Å². The number of aliphatic hydroxyl groups is 1. The van der Waals surface area contributed by atoms with Gasteiger partial charge < -0.3 is 9.84 Å². The predicted molar refractivity (Wildman–Crippen MR) is 85.5 cm³/mol. The van der Waals surface area contributed by atoms with E-state index in [0.717, 1.165) is 6.42 Å².